The minimum Gasteiger partial charge on any atom is -0.392 e. The van der Waals surface area contributed by atoms with Gasteiger partial charge in [0.25, 0.3) is 0 Å². The fraction of sp³-hybridized carbons (Fsp3) is 0.375. The van der Waals surface area contributed by atoms with Crippen LogP contribution in [0.2, 0.25) is 10.0 Å². The Bertz CT molecular complexity index is 291. The molecule has 0 saturated heterocycles. The monoisotopic (exact) mass is 220 g/mol. The van der Waals surface area contributed by atoms with Crippen molar-refractivity contribution in [3.05, 3.63) is 22.3 Å². The van der Waals surface area contributed by atoms with Crippen LogP contribution in [0.3, 0.4) is 0 Å². The van der Waals surface area contributed by atoms with Crippen LogP contribution >= 0.6 is 23.2 Å². The summed E-state index contributed by atoms with van der Waals surface area (Å²) in [5.74, 6) is 0.534. The van der Waals surface area contributed by atoms with E-state index in [0.29, 0.717) is 22.4 Å². The van der Waals surface area contributed by atoms with Crippen molar-refractivity contribution in [3.8, 4) is 0 Å². The normalized spacial score (nSPS) is 12.6. The van der Waals surface area contributed by atoms with Crippen LogP contribution in [-0.4, -0.2) is 22.7 Å². The Kier molecular flexibility index (Phi) is 3.78. The Morgan fingerprint density at radius 1 is 1.62 bits per heavy atom. The average molecular weight is 221 g/mol. The number of aliphatic hydroxyl groups is 1. The first-order valence-corrected chi connectivity index (χ1v) is 4.58. The molecule has 1 aromatic heterocycles. The van der Waals surface area contributed by atoms with E-state index in [9.17, 15) is 0 Å². The molecule has 1 heterocycles. The van der Waals surface area contributed by atoms with Crippen LogP contribution in [0.25, 0.3) is 0 Å². The number of hydrogen-bond acceptors (Lipinski definition) is 3. The van der Waals surface area contributed by atoms with E-state index in [1.54, 1.807) is 13.0 Å². The summed E-state index contributed by atoms with van der Waals surface area (Å²) in [6.45, 7) is 2.09. The van der Waals surface area contributed by atoms with E-state index in [2.05, 4.69) is 10.3 Å². The molecule has 13 heavy (non-hydrogen) atoms. The third-order valence-electron chi connectivity index (χ3n) is 1.37. The van der Waals surface area contributed by atoms with Gasteiger partial charge >= 0.3 is 0 Å². The Morgan fingerprint density at radius 3 is 2.85 bits per heavy atom. The smallest absolute Gasteiger partial charge is 0.144 e. The minimum atomic E-state index is -0.437. The Labute approximate surface area is 86.7 Å². The van der Waals surface area contributed by atoms with E-state index >= 15 is 0 Å². The summed E-state index contributed by atoms with van der Waals surface area (Å²) in [5, 5.41) is 12.8. The van der Waals surface area contributed by atoms with Crippen molar-refractivity contribution in [1.29, 1.82) is 0 Å². The molecular weight excluding hydrogens is 211 g/mol. The molecule has 0 aliphatic carbocycles. The maximum absolute atomic E-state index is 9.00. The van der Waals surface area contributed by atoms with Crippen molar-refractivity contribution in [2.75, 3.05) is 11.9 Å². The van der Waals surface area contributed by atoms with Crippen molar-refractivity contribution < 1.29 is 5.11 Å². The Balaban J connectivity index is 2.67. The molecule has 0 aliphatic heterocycles. The number of rotatable bonds is 3. The number of pyridine rings is 1. The number of hydrogen-bond donors (Lipinski definition) is 2. The maximum atomic E-state index is 9.00. The fourth-order valence-electron chi connectivity index (χ4n) is 0.789. The van der Waals surface area contributed by atoms with E-state index in [4.69, 9.17) is 28.3 Å². The lowest BCUT2D eigenvalue weighted by molar-refractivity contribution is 0.208. The highest BCUT2D eigenvalue weighted by Gasteiger charge is 2.03. The molecule has 0 amide bonds. The zero-order valence-corrected chi connectivity index (χ0v) is 8.60. The molecule has 0 radical (unpaired) electrons. The molecule has 0 unspecified atom stereocenters. The predicted octanol–water partition coefficient (Wildman–Crippen LogP) is 2.18. The minimum absolute atomic E-state index is 0.411. The highest BCUT2D eigenvalue weighted by atomic mass is 35.5. The van der Waals surface area contributed by atoms with Gasteiger partial charge in [-0.15, -0.1) is 0 Å². The van der Waals surface area contributed by atoms with Crippen LogP contribution in [0.15, 0.2) is 12.3 Å². The fourth-order valence-corrected chi connectivity index (χ4v) is 1.24. The van der Waals surface area contributed by atoms with Gasteiger partial charge in [-0.1, -0.05) is 23.2 Å². The van der Waals surface area contributed by atoms with Gasteiger partial charge in [-0.2, -0.15) is 0 Å². The first-order valence-electron chi connectivity index (χ1n) is 3.82. The molecular formula is C8H10Cl2N2O. The maximum Gasteiger partial charge on any atom is 0.144 e. The highest BCUT2D eigenvalue weighted by Crippen LogP contribution is 2.22. The van der Waals surface area contributed by atoms with Crippen LogP contribution in [-0.2, 0) is 0 Å². The summed E-state index contributed by atoms with van der Waals surface area (Å²) >= 11 is 11.5. The Hall–Kier alpha value is -0.510. The molecule has 72 valence electrons. The third kappa shape index (κ3) is 3.38. The highest BCUT2D eigenvalue weighted by molar-refractivity contribution is 6.35. The van der Waals surface area contributed by atoms with Gasteiger partial charge in [-0.25, -0.2) is 4.98 Å². The molecule has 0 spiro atoms. The van der Waals surface area contributed by atoms with Gasteiger partial charge in [-0.3, -0.25) is 0 Å². The zero-order valence-electron chi connectivity index (χ0n) is 7.09. The number of halogens is 2. The molecule has 1 rings (SSSR count). The summed E-state index contributed by atoms with van der Waals surface area (Å²) in [6, 6.07) is 1.60. The predicted molar refractivity (Wildman–Crippen MR) is 54.4 cm³/mol. The van der Waals surface area contributed by atoms with E-state index in [1.165, 1.54) is 6.20 Å². The van der Waals surface area contributed by atoms with Crippen LogP contribution in [0.4, 0.5) is 5.82 Å². The van der Waals surface area contributed by atoms with Crippen molar-refractivity contribution >= 4 is 29.0 Å². The topological polar surface area (TPSA) is 45.1 Å². The summed E-state index contributed by atoms with van der Waals surface area (Å²) < 4.78 is 0. The van der Waals surface area contributed by atoms with Gasteiger partial charge in [0.1, 0.15) is 5.82 Å². The SMILES string of the molecule is C[C@@H](O)CNc1ncc(Cl)cc1Cl. The summed E-state index contributed by atoms with van der Waals surface area (Å²) in [4.78, 5) is 3.96. The number of aromatic nitrogens is 1. The van der Waals surface area contributed by atoms with E-state index in [0.717, 1.165) is 0 Å². The molecule has 5 heteroatoms. The first-order chi connectivity index (χ1) is 6.09. The molecule has 1 aromatic rings. The molecule has 0 aromatic carbocycles. The second kappa shape index (κ2) is 4.65. The average Bonchev–Trinajstić information content (AvgIpc) is 2.02. The number of aliphatic hydroxyl groups excluding tert-OH is 1. The van der Waals surface area contributed by atoms with E-state index in [1.807, 2.05) is 0 Å². The van der Waals surface area contributed by atoms with Crippen LogP contribution in [0.5, 0.6) is 0 Å². The largest absolute Gasteiger partial charge is 0.392 e. The molecule has 0 saturated carbocycles. The number of nitrogens with one attached hydrogen (secondary N) is 1. The van der Waals surface area contributed by atoms with Crippen LogP contribution < -0.4 is 5.32 Å². The Morgan fingerprint density at radius 2 is 2.31 bits per heavy atom. The van der Waals surface area contributed by atoms with Crippen molar-refractivity contribution in [1.82, 2.24) is 4.98 Å². The quantitative estimate of drug-likeness (QED) is 0.822. The zero-order chi connectivity index (χ0) is 9.84. The molecule has 1 atom stereocenters. The standard InChI is InChI=1S/C8H10Cl2N2O/c1-5(13)3-11-8-7(10)2-6(9)4-12-8/h2,4-5,13H,3H2,1H3,(H,11,12)/t5-/m1/s1. The van der Waals surface area contributed by atoms with Gasteiger partial charge in [0.2, 0.25) is 0 Å². The molecule has 0 aliphatic rings. The first kappa shape index (κ1) is 10.6. The van der Waals surface area contributed by atoms with Gasteiger partial charge in [-0.05, 0) is 13.0 Å². The number of nitrogens with zero attached hydrogens (tertiary/aromatic N) is 1. The second-order valence-corrected chi connectivity index (χ2v) is 3.56. The summed E-state index contributed by atoms with van der Waals surface area (Å²) in [5.41, 5.74) is 0. The molecule has 3 nitrogen and oxygen atoms in total. The molecule has 0 bridgehead atoms. The number of anilines is 1. The lowest BCUT2D eigenvalue weighted by atomic mass is 10.4. The van der Waals surface area contributed by atoms with Gasteiger partial charge in [0.05, 0.1) is 16.1 Å². The lowest BCUT2D eigenvalue weighted by Crippen LogP contribution is -2.16. The third-order valence-corrected chi connectivity index (χ3v) is 1.87. The van der Waals surface area contributed by atoms with Crippen molar-refractivity contribution in [2.45, 2.75) is 13.0 Å². The molecule has 0 fully saturated rings. The van der Waals surface area contributed by atoms with Crippen molar-refractivity contribution in [3.63, 3.8) is 0 Å². The lowest BCUT2D eigenvalue weighted by Gasteiger charge is -2.08. The van der Waals surface area contributed by atoms with Gasteiger partial charge in [0, 0.05) is 12.7 Å². The summed E-state index contributed by atoms with van der Waals surface area (Å²) in [6.07, 6.45) is 1.06. The van der Waals surface area contributed by atoms with E-state index in [-0.39, 0.29) is 0 Å². The second-order valence-electron chi connectivity index (χ2n) is 2.71. The van der Waals surface area contributed by atoms with Gasteiger partial charge in [0.15, 0.2) is 0 Å². The van der Waals surface area contributed by atoms with E-state index < -0.39 is 6.10 Å². The van der Waals surface area contributed by atoms with Gasteiger partial charge < -0.3 is 10.4 Å². The summed E-state index contributed by atoms with van der Waals surface area (Å²) in [7, 11) is 0. The van der Waals surface area contributed by atoms with Crippen LogP contribution in [0, 0.1) is 0 Å². The van der Waals surface area contributed by atoms with Crippen molar-refractivity contribution in [2.24, 2.45) is 0 Å². The van der Waals surface area contributed by atoms with Crippen LogP contribution in [0.1, 0.15) is 6.92 Å². The molecule has 2 N–H and O–H groups in total.